The summed E-state index contributed by atoms with van der Waals surface area (Å²) < 4.78 is 1.77. The van der Waals surface area contributed by atoms with Crippen LogP contribution in [-0.4, -0.2) is 14.7 Å². The van der Waals surface area contributed by atoms with Crippen molar-refractivity contribution in [3.8, 4) is 0 Å². The van der Waals surface area contributed by atoms with Gasteiger partial charge in [0.25, 0.3) is 0 Å². The Hall–Kier alpha value is -1.23. The van der Waals surface area contributed by atoms with E-state index in [1.165, 1.54) is 0 Å². The van der Waals surface area contributed by atoms with E-state index in [1.807, 2.05) is 0 Å². The largest absolute Gasteiger partial charge is 0.383 e. The molecule has 3 aromatic rings. The fourth-order valence-corrected chi connectivity index (χ4v) is 3.89. The van der Waals surface area contributed by atoms with Crippen LogP contribution < -0.4 is 0 Å². The van der Waals surface area contributed by atoms with Crippen molar-refractivity contribution in [3.05, 3.63) is 86.3 Å². The van der Waals surface area contributed by atoms with Gasteiger partial charge in [-0.05, 0) is 29.8 Å². The van der Waals surface area contributed by atoms with E-state index in [1.54, 1.807) is 59.7 Å². The van der Waals surface area contributed by atoms with Crippen LogP contribution in [0.4, 0.5) is 0 Å². The number of benzene rings is 2. The molecule has 0 saturated heterocycles. The van der Waals surface area contributed by atoms with Gasteiger partial charge >= 0.3 is 0 Å². The third-order valence-corrected chi connectivity index (χ3v) is 5.22. The molecule has 130 valence electrons. The highest BCUT2D eigenvalue weighted by atomic mass is 35.5. The summed E-state index contributed by atoms with van der Waals surface area (Å²) in [5.41, 5.74) is -0.153. The first-order valence-corrected chi connectivity index (χ1v) is 8.97. The third-order valence-electron chi connectivity index (χ3n) is 3.97. The van der Waals surface area contributed by atoms with Crippen molar-refractivity contribution < 1.29 is 5.11 Å². The lowest BCUT2D eigenvalue weighted by Gasteiger charge is -2.31. The molecule has 1 N–H and O–H groups in total. The highest BCUT2D eigenvalue weighted by Crippen LogP contribution is 2.37. The Kier molecular flexibility index (Phi) is 5.62. The number of aromatic nitrogens is 2. The summed E-state index contributed by atoms with van der Waals surface area (Å²) in [6.07, 6.45) is 5.23. The molecule has 0 amide bonds. The number of imidazole rings is 1. The molecule has 0 spiro atoms. The Labute approximate surface area is 165 Å². The van der Waals surface area contributed by atoms with Crippen LogP contribution in [0.25, 0.3) is 0 Å². The van der Waals surface area contributed by atoms with Gasteiger partial charge in [0, 0.05) is 44.5 Å². The lowest BCUT2D eigenvalue weighted by atomic mass is 9.86. The predicted molar refractivity (Wildman–Crippen MR) is 103 cm³/mol. The second kappa shape index (κ2) is 7.56. The van der Waals surface area contributed by atoms with Gasteiger partial charge in [0.15, 0.2) is 0 Å². The Morgan fingerprint density at radius 3 is 2.32 bits per heavy atom. The molecule has 0 fully saturated rings. The normalized spacial score (nSPS) is 13.6. The zero-order chi connectivity index (χ0) is 18.0. The number of hydrogen-bond donors (Lipinski definition) is 1. The molecule has 3 rings (SSSR count). The standard InChI is InChI=1S/C18H14Cl4N2O/c19-12-4-5-14(17(22)8-12)18(25,10-24-7-6-23-11-24)9-13-15(20)2-1-3-16(13)21/h1-8,11,25H,9-10H2. The van der Waals surface area contributed by atoms with E-state index in [0.29, 0.717) is 31.2 Å². The molecule has 1 aromatic heterocycles. The van der Waals surface area contributed by atoms with Gasteiger partial charge < -0.3 is 9.67 Å². The first-order chi connectivity index (χ1) is 11.9. The molecule has 7 heteroatoms. The molecule has 0 aliphatic carbocycles. The first-order valence-electron chi connectivity index (χ1n) is 7.45. The monoisotopic (exact) mass is 414 g/mol. The van der Waals surface area contributed by atoms with Crippen molar-refractivity contribution in [2.45, 2.75) is 18.6 Å². The molecule has 0 aliphatic rings. The Morgan fingerprint density at radius 1 is 1.00 bits per heavy atom. The highest BCUT2D eigenvalue weighted by Gasteiger charge is 2.34. The second-order valence-electron chi connectivity index (χ2n) is 5.77. The molecular formula is C18H14Cl4N2O. The van der Waals surface area contributed by atoms with Gasteiger partial charge in [0.1, 0.15) is 5.60 Å². The summed E-state index contributed by atoms with van der Waals surface area (Å²) in [5, 5.41) is 13.4. The number of rotatable bonds is 5. The van der Waals surface area contributed by atoms with E-state index in [0.717, 1.165) is 0 Å². The number of halogens is 4. The van der Waals surface area contributed by atoms with Crippen LogP contribution in [0.2, 0.25) is 20.1 Å². The van der Waals surface area contributed by atoms with E-state index in [-0.39, 0.29) is 13.0 Å². The minimum absolute atomic E-state index is 0.186. The number of nitrogens with zero attached hydrogens (tertiary/aromatic N) is 2. The van der Waals surface area contributed by atoms with E-state index in [4.69, 9.17) is 46.4 Å². The maximum Gasteiger partial charge on any atom is 0.113 e. The van der Waals surface area contributed by atoms with Gasteiger partial charge in [-0.3, -0.25) is 0 Å². The lowest BCUT2D eigenvalue weighted by Crippen LogP contribution is -2.34. The summed E-state index contributed by atoms with van der Waals surface area (Å²) in [7, 11) is 0. The summed E-state index contributed by atoms with van der Waals surface area (Å²) in [4.78, 5) is 4.02. The molecule has 0 bridgehead atoms. The van der Waals surface area contributed by atoms with Gasteiger partial charge in [0.2, 0.25) is 0 Å². The zero-order valence-corrected chi connectivity index (χ0v) is 16.0. The molecule has 1 atom stereocenters. The number of hydrogen-bond acceptors (Lipinski definition) is 2. The molecule has 1 heterocycles. The van der Waals surface area contributed by atoms with Gasteiger partial charge in [-0.15, -0.1) is 0 Å². The fourth-order valence-electron chi connectivity index (χ4n) is 2.78. The van der Waals surface area contributed by atoms with E-state index >= 15 is 0 Å². The molecule has 2 aromatic carbocycles. The number of aliphatic hydroxyl groups is 1. The SMILES string of the molecule is OC(Cc1c(Cl)cccc1Cl)(Cn1ccnc1)c1ccc(Cl)cc1Cl. The minimum atomic E-state index is -1.35. The minimum Gasteiger partial charge on any atom is -0.383 e. The smallest absolute Gasteiger partial charge is 0.113 e. The lowest BCUT2D eigenvalue weighted by molar-refractivity contribution is 0.0187. The van der Waals surface area contributed by atoms with Crippen molar-refractivity contribution in [3.63, 3.8) is 0 Å². The Morgan fingerprint density at radius 2 is 1.72 bits per heavy atom. The summed E-state index contributed by atoms with van der Waals surface area (Å²) in [6, 6.07) is 10.2. The molecular weight excluding hydrogens is 402 g/mol. The van der Waals surface area contributed by atoms with Crippen LogP contribution in [0.15, 0.2) is 55.1 Å². The topological polar surface area (TPSA) is 38.0 Å². The first kappa shape index (κ1) is 18.6. The van der Waals surface area contributed by atoms with Crippen LogP contribution >= 0.6 is 46.4 Å². The summed E-state index contributed by atoms with van der Waals surface area (Å²) >= 11 is 25.0. The average molecular weight is 416 g/mol. The molecule has 3 nitrogen and oxygen atoms in total. The quantitative estimate of drug-likeness (QED) is 0.586. The maximum atomic E-state index is 11.5. The molecule has 0 radical (unpaired) electrons. The van der Waals surface area contributed by atoms with Crippen LogP contribution in [0.5, 0.6) is 0 Å². The van der Waals surface area contributed by atoms with Crippen molar-refractivity contribution in [1.82, 2.24) is 9.55 Å². The average Bonchev–Trinajstić information content (AvgIpc) is 3.03. The molecule has 0 saturated carbocycles. The maximum absolute atomic E-state index is 11.5. The Balaban J connectivity index is 2.08. The molecule has 0 aliphatic heterocycles. The van der Waals surface area contributed by atoms with Crippen molar-refractivity contribution in [2.24, 2.45) is 0 Å². The summed E-state index contributed by atoms with van der Waals surface area (Å²) in [6.45, 7) is 0.232. The summed E-state index contributed by atoms with van der Waals surface area (Å²) in [5.74, 6) is 0. The van der Waals surface area contributed by atoms with Gasteiger partial charge in [0.05, 0.1) is 12.9 Å². The van der Waals surface area contributed by atoms with Gasteiger partial charge in [-0.2, -0.15) is 0 Å². The van der Waals surface area contributed by atoms with Crippen molar-refractivity contribution in [2.75, 3.05) is 0 Å². The predicted octanol–water partition coefficient (Wildman–Crippen LogP) is 5.63. The third kappa shape index (κ3) is 4.13. The molecule has 25 heavy (non-hydrogen) atoms. The van der Waals surface area contributed by atoms with E-state index < -0.39 is 5.60 Å². The van der Waals surface area contributed by atoms with Crippen LogP contribution in [-0.2, 0) is 18.6 Å². The van der Waals surface area contributed by atoms with E-state index in [2.05, 4.69) is 4.98 Å². The van der Waals surface area contributed by atoms with Crippen LogP contribution in [0.3, 0.4) is 0 Å². The Bertz CT molecular complexity index is 863. The van der Waals surface area contributed by atoms with Crippen LogP contribution in [0.1, 0.15) is 11.1 Å². The van der Waals surface area contributed by atoms with Gasteiger partial charge in [-0.25, -0.2) is 4.98 Å². The van der Waals surface area contributed by atoms with Gasteiger partial charge in [-0.1, -0.05) is 58.5 Å². The second-order valence-corrected chi connectivity index (χ2v) is 7.43. The fraction of sp³-hybridized carbons (Fsp3) is 0.167. The highest BCUT2D eigenvalue weighted by molar-refractivity contribution is 6.36. The molecule has 1 unspecified atom stereocenters. The van der Waals surface area contributed by atoms with E-state index in [9.17, 15) is 5.11 Å². The zero-order valence-electron chi connectivity index (χ0n) is 13.0. The van der Waals surface area contributed by atoms with Crippen molar-refractivity contribution >= 4 is 46.4 Å². The van der Waals surface area contributed by atoms with Crippen molar-refractivity contribution in [1.29, 1.82) is 0 Å². The van der Waals surface area contributed by atoms with Crippen LogP contribution in [0, 0.1) is 0 Å².